The van der Waals surface area contributed by atoms with E-state index in [0.29, 0.717) is 33.8 Å². The number of nitrogens with one attached hydrogen (secondary N) is 1. The van der Waals surface area contributed by atoms with Crippen LogP contribution in [-0.2, 0) is 0 Å². The Morgan fingerprint density at radius 1 is 0.783 bits per heavy atom. The van der Waals surface area contributed by atoms with E-state index in [4.69, 9.17) is 25.2 Å². The van der Waals surface area contributed by atoms with Crippen LogP contribution in [0.15, 0.2) is 118 Å². The molecule has 0 saturated carbocycles. The molecule has 0 radical (unpaired) electrons. The van der Waals surface area contributed by atoms with E-state index in [1.807, 2.05) is 60.5 Å². The lowest BCUT2D eigenvalue weighted by Gasteiger charge is -2.27. The second-order valence-electron chi connectivity index (χ2n) is 15.7. The fourth-order valence-corrected chi connectivity index (χ4v) is 10.1. The zero-order valence-electron chi connectivity index (χ0n) is 35.5. The van der Waals surface area contributed by atoms with Crippen molar-refractivity contribution in [2.75, 3.05) is 15.1 Å². The second-order valence-corrected chi connectivity index (χ2v) is 17.7. The topological polar surface area (TPSA) is 106 Å². The van der Waals surface area contributed by atoms with Crippen molar-refractivity contribution in [3.63, 3.8) is 0 Å². The van der Waals surface area contributed by atoms with Crippen molar-refractivity contribution < 1.29 is 0 Å². The number of hydrogen-bond donors (Lipinski definition) is 1. The van der Waals surface area contributed by atoms with Gasteiger partial charge in [0, 0.05) is 11.3 Å². The monoisotopic (exact) mass is 825 g/mol. The molecule has 1 N–H and O–H groups in total. The lowest BCUT2D eigenvalue weighted by atomic mass is 9.90. The third-order valence-corrected chi connectivity index (χ3v) is 12.8. The van der Waals surface area contributed by atoms with Gasteiger partial charge in [-0.2, -0.15) is 5.26 Å². The average molecular weight is 826 g/mol. The van der Waals surface area contributed by atoms with Gasteiger partial charge in [-0.15, -0.1) is 10.2 Å². The average Bonchev–Trinajstić information content (AvgIpc) is 3.84. The molecule has 1 aliphatic heterocycles. The SMILES string of the molecule is CCCC(C)C1=C=CN(c2nc3ccccc3s2)C(N=Nc2c(C)cc(N(c3nc4ccccc4s3)c3c(C)cc(C)cc3C)nc2Nc2c(C)cc(C)cc2C)=C1C#N. The van der Waals surface area contributed by atoms with Crippen molar-refractivity contribution in [2.24, 2.45) is 16.1 Å². The number of allylic oxidation sites excluding steroid dienone is 2. The highest BCUT2D eigenvalue weighted by atomic mass is 32.1. The fraction of sp³-hybridized carbons (Fsp3) is 0.245. The van der Waals surface area contributed by atoms with Crippen molar-refractivity contribution in [1.29, 1.82) is 5.26 Å². The summed E-state index contributed by atoms with van der Waals surface area (Å²) in [7, 11) is 0. The standard InChI is InChI=1S/C49H47N9S2/c1-10-15-30(4)36-20-21-57(48-51-38-16-11-13-18-40(38)59-48)47(37(36)27-50)56-55-44-33(7)26-42(53-46(44)54-43-31(5)22-28(2)23-32(43)6)58(45-34(8)24-29(3)25-35(45)9)49-52-39-17-12-14-19-41(39)60-49/h11-14,16-19,21-26,30H,10,15H2,1-9H3,(H,53,54). The molecule has 0 bridgehead atoms. The highest BCUT2D eigenvalue weighted by molar-refractivity contribution is 7.22. The minimum Gasteiger partial charge on any atom is -0.338 e. The summed E-state index contributed by atoms with van der Waals surface area (Å²) in [6.07, 6.45) is 3.73. The molecule has 0 saturated heterocycles. The van der Waals surface area contributed by atoms with Gasteiger partial charge in [-0.3, -0.25) is 9.80 Å². The Labute approximate surface area is 359 Å². The number of para-hydroxylation sites is 2. The fourth-order valence-electron chi connectivity index (χ4n) is 8.15. The molecule has 1 atom stereocenters. The Kier molecular flexibility index (Phi) is 11.2. The molecule has 9 nitrogen and oxygen atoms in total. The number of azo groups is 1. The summed E-state index contributed by atoms with van der Waals surface area (Å²) in [5, 5.41) is 26.0. The molecule has 7 aromatic rings. The Morgan fingerprint density at radius 2 is 1.40 bits per heavy atom. The van der Waals surface area contributed by atoms with Gasteiger partial charge >= 0.3 is 0 Å². The number of nitriles is 1. The quantitative estimate of drug-likeness (QED) is 0.102. The van der Waals surface area contributed by atoms with Crippen LogP contribution in [0.5, 0.6) is 0 Å². The summed E-state index contributed by atoms with van der Waals surface area (Å²) in [5.41, 5.74) is 16.6. The van der Waals surface area contributed by atoms with E-state index in [0.717, 1.165) is 83.2 Å². The Hall–Kier alpha value is -6.44. The van der Waals surface area contributed by atoms with Gasteiger partial charge in [0.1, 0.15) is 23.1 Å². The van der Waals surface area contributed by atoms with E-state index in [1.165, 1.54) is 22.5 Å². The van der Waals surface area contributed by atoms with Crippen molar-refractivity contribution in [1.82, 2.24) is 15.0 Å². The molecule has 0 spiro atoms. The van der Waals surface area contributed by atoms with Crippen molar-refractivity contribution in [3.05, 3.63) is 147 Å². The summed E-state index contributed by atoms with van der Waals surface area (Å²) < 4.78 is 2.13. The van der Waals surface area contributed by atoms with Gasteiger partial charge in [-0.25, -0.2) is 15.0 Å². The molecule has 4 heterocycles. The van der Waals surface area contributed by atoms with Crippen LogP contribution in [0.1, 0.15) is 65.6 Å². The van der Waals surface area contributed by atoms with Crippen molar-refractivity contribution in [2.45, 2.75) is 75.2 Å². The first-order chi connectivity index (χ1) is 28.9. The van der Waals surface area contributed by atoms with E-state index in [-0.39, 0.29) is 5.92 Å². The molecular weight excluding hydrogens is 779 g/mol. The number of aromatic nitrogens is 3. The Morgan fingerprint density at radius 3 is 2.02 bits per heavy atom. The van der Waals surface area contributed by atoms with Gasteiger partial charge < -0.3 is 5.32 Å². The number of nitrogens with zero attached hydrogens (tertiary/aromatic N) is 8. The predicted octanol–water partition coefficient (Wildman–Crippen LogP) is 14.5. The molecule has 0 fully saturated rings. The highest BCUT2D eigenvalue weighted by Gasteiger charge is 2.28. The summed E-state index contributed by atoms with van der Waals surface area (Å²) in [4.78, 5) is 19.5. The van der Waals surface area contributed by atoms with E-state index >= 15 is 0 Å². The van der Waals surface area contributed by atoms with E-state index in [9.17, 15) is 5.26 Å². The number of benzene rings is 4. The lowest BCUT2D eigenvalue weighted by Crippen LogP contribution is -2.20. The highest BCUT2D eigenvalue weighted by Crippen LogP contribution is 2.45. The zero-order valence-corrected chi connectivity index (χ0v) is 37.1. The molecule has 1 aliphatic rings. The van der Waals surface area contributed by atoms with Gasteiger partial charge in [-0.05, 0) is 119 Å². The number of pyridine rings is 1. The van der Waals surface area contributed by atoms with Gasteiger partial charge in [0.15, 0.2) is 21.9 Å². The normalized spacial score (nSPS) is 13.4. The van der Waals surface area contributed by atoms with Crippen LogP contribution in [0.2, 0.25) is 0 Å². The Bertz CT molecular complexity index is 2880. The van der Waals surface area contributed by atoms with Crippen molar-refractivity contribution in [3.8, 4) is 6.07 Å². The van der Waals surface area contributed by atoms with Crippen molar-refractivity contribution >= 4 is 82.1 Å². The molecule has 1 unspecified atom stereocenters. The summed E-state index contributed by atoms with van der Waals surface area (Å²) >= 11 is 3.17. The zero-order chi connectivity index (χ0) is 42.2. The van der Waals surface area contributed by atoms with Crippen LogP contribution in [0, 0.1) is 65.7 Å². The molecular formula is C49H47N9S2. The summed E-state index contributed by atoms with van der Waals surface area (Å²) in [5.74, 6) is 1.72. The van der Waals surface area contributed by atoms with E-state index in [2.05, 4.69) is 114 Å². The molecule has 4 aromatic carbocycles. The summed E-state index contributed by atoms with van der Waals surface area (Å²) in [6.45, 7) is 19.0. The number of hydrogen-bond acceptors (Lipinski definition) is 11. The van der Waals surface area contributed by atoms with Gasteiger partial charge in [0.05, 0.1) is 32.3 Å². The van der Waals surface area contributed by atoms with E-state index in [1.54, 1.807) is 11.3 Å². The number of fused-ring (bicyclic) bond motifs is 2. The maximum Gasteiger partial charge on any atom is 0.196 e. The number of rotatable bonds is 11. The first-order valence-corrected chi connectivity index (χ1v) is 21.8. The van der Waals surface area contributed by atoms with Crippen LogP contribution in [-0.4, -0.2) is 15.0 Å². The number of thiazole rings is 2. The first kappa shape index (κ1) is 40.3. The third-order valence-electron chi connectivity index (χ3n) is 10.8. The lowest BCUT2D eigenvalue weighted by molar-refractivity contribution is 0.607. The third kappa shape index (κ3) is 7.73. The molecule has 0 aliphatic carbocycles. The Balaban J connectivity index is 1.34. The molecule has 11 heteroatoms. The van der Waals surface area contributed by atoms with Crippen LogP contribution >= 0.6 is 22.7 Å². The van der Waals surface area contributed by atoms with Crippen LogP contribution in [0.3, 0.4) is 0 Å². The number of aryl methyl sites for hydroxylation is 7. The summed E-state index contributed by atoms with van der Waals surface area (Å²) in [6, 6.07) is 29.5. The second kappa shape index (κ2) is 16.7. The van der Waals surface area contributed by atoms with Gasteiger partial charge in [-0.1, -0.05) is 108 Å². The van der Waals surface area contributed by atoms with E-state index < -0.39 is 0 Å². The minimum absolute atomic E-state index is 0.0956. The smallest absolute Gasteiger partial charge is 0.196 e. The maximum absolute atomic E-state index is 10.8. The first-order valence-electron chi connectivity index (χ1n) is 20.2. The predicted molar refractivity (Wildman–Crippen MR) is 250 cm³/mol. The molecule has 300 valence electrons. The van der Waals surface area contributed by atoms with Gasteiger partial charge in [0.25, 0.3) is 0 Å². The molecule has 60 heavy (non-hydrogen) atoms. The van der Waals surface area contributed by atoms with Gasteiger partial charge in [0.2, 0.25) is 0 Å². The van der Waals surface area contributed by atoms with Crippen LogP contribution in [0.4, 0.5) is 39.0 Å². The minimum atomic E-state index is 0.0956. The number of anilines is 6. The maximum atomic E-state index is 10.8. The van der Waals surface area contributed by atoms with Crippen LogP contribution < -0.4 is 15.1 Å². The molecule has 0 amide bonds. The van der Waals surface area contributed by atoms with Crippen LogP contribution in [0.25, 0.3) is 20.4 Å². The molecule has 8 rings (SSSR count). The molecule has 3 aromatic heterocycles. The largest absolute Gasteiger partial charge is 0.338 e.